The summed E-state index contributed by atoms with van der Waals surface area (Å²) in [4.78, 5) is 5.10. The minimum absolute atomic E-state index is 0.182. The number of hydrogen-bond donors (Lipinski definition) is 0. The van der Waals surface area contributed by atoms with Gasteiger partial charge in [0.25, 0.3) is 15.8 Å². The minimum atomic E-state index is -3.68. The Balaban J connectivity index is 1.81. The average molecular weight is 400 g/mol. The van der Waals surface area contributed by atoms with Crippen LogP contribution in [0, 0.1) is 5.82 Å². The van der Waals surface area contributed by atoms with E-state index < -0.39 is 10.0 Å². The molecule has 3 rings (SSSR count). The summed E-state index contributed by atoms with van der Waals surface area (Å²) in [6.45, 7) is 2.62. The Kier molecular flexibility index (Phi) is 5.94. The zero-order chi connectivity index (χ0) is 20.1. The van der Waals surface area contributed by atoms with E-state index in [0.29, 0.717) is 18.8 Å². The molecule has 1 aromatic heterocycles. The summed E-state index contributed by atoms with van der Waals surface area (Å²) in [5.74, 6) is 0.447. The molecule has 0 aliphatic rings. The second-order valence-electron chi connectivity index (χ2n) is 6.40. The first kappa shape index (κ1) is 19.8. The van der Waals surface area contributed by atoms with E-state index in [9.17, 15) is 12.8 Å². The van der Waals surface area contributed by atoms with Crippen LogP contribution in [0.3, 0.4) is 0 Å². The summed E-state index contributed by atoms with van der Waals surface area (Å²) in [5.41, 5.74) is 1.45. The zero-order valence-corrected chi connectivity index (χ0v) is 16.7. The number of hydrogen-bond acceptors (Lipinski definition) is 3. The molecule has 0 radical (unpaired) electrons. The summed E-state index contributed by atoms with van der Waals surface area (Å²) in [6.07, 6.45) is 1.48. The van der Waals surface area contributed by atoms with Gasteiger partial charge >= 0.3 is 0 Å². The maximum absolute atomic E-state index is 13.4. The molecule has 1 heterocycles. The van der Waals surface area contributed by atoms with Crippen LogP contribution < -0.4 is 14.2 Å². The van der Waals surface area contributed by atoms with Crippen LogP contribution >= 0.6 is 0 Å². The number of para-hydroxylation sites is 1. The number of aromatic amines is 1. The van der Waals surface area contributed by atoms with E-state index in [1.165, 1.54) is 22.6 Å². The lowest BCUT2D eigenvalue weighted by Gasteiger charge is -2.22. The summed E-state index contributed by atoms with van der Waals surface area (Å²) in [5, 5.41) is 0. The third-order valence-corrected chi connectivity index (χ3v) is 6.31. The lowest BCUT2D eigenvalue weighted by molar-refractivity contribution is -0.367. The summed E-state index contributed by atoms with van der Waals surface area (Å²) < 4.78 is 40.8. The predicted molar refractivity (Wildman–Crippen MR) is 108 cm³/mol. The second-order valence-corrected chi connectivity index (χ2v) is 8.26. The van der Waals surface area contributed by atoms with Crippen molar-refractivity contribution in [2.75, 3.05) is 22.8 Å². The monoisotopic (exact) mass is 400 g/mol. The minimum Gasteiger partial charge on any atom is -0.267 e. The van der Waals surface area contributed by atoms with Gasteiger partial charge in [0.1, 0.15) is 23.5 Å². The van der Waals surface area contributed by atoms with E-state index in [2.05, 4.69) is 4.98 Å². The maximum Gasteiger partial charge on any atom is 0.274 e. The van der Waals surface area contributed by atoms with Crippen LogP contribution in [0.15, 0.2) is 77.8 Å². The van der Waals surface area contributed by atoms with E-state index >= 15 is 0 Å². The highest BCUT2D eigenvalue weighted by molar-refractivity contribution is 7.92. The standard InChI is InChI=1S/C21H22FN3O2S/c1-3-25(19-10-5-4-6-11-19)28(26,27)20-12-13-21(23-15-20)24(2)16-17-8-7-9-18(22)14-17/h4-15H,3,16H2,1-2H3/p+1. The fraction of sp³-hybridized carbons (Fsp3) is 0.190. The summed E-state index contributed by atoms with van der Waals surface area (Å²) in [6, 6.07) is 18.7. The van der Waals surface area contributed by atoms with Gasteiger partial charge in [0.2, 0.25) is 0 Å². The van der Waals surface area contributed by atoms with Crippen molar-refractivity contribution in [1.29, 1.82) is 0 Å². The van der Waals surface area contributed by atoms with Crippen molar-refractivity contribution in [1.82, 2.24) is 0 Å². The van der Waals surface area contributed by atoms with Gasteiger partial charge in [-0.1, -0.05) is 30.3 Å². The highest BCUT2D eigenvalue weighted by Gasteiger charge is 2.25. The smallest absolute Gasteiger partial charge is 0.267 e. The SMILES string of the molecule is CCN(c1ccccc1)S(=O)(=O)c1ccc(N(C)Cc2cccc(F)c2)[nH+]c1. The van der Waals surface area contributed by atoms with E-state index in [4.69, 9.17) is 0 Å². The number of nitrogens with one attached hydrogen (secondary N) is 1. The van der Waals surface area contributed by atoms with Gasteiger partial charge in [-0.15, -0.1) is 0 Å². The molecular weight excluding hydrogens is 377 g/mol. The van der Waals surface area contributed by atoms with Gasteiger partial charge in [-0.25, -0.2) is 17.8 Å². The first-order valence-electron chi connectivity index (χ1n) is 8.97. The van der Waals surface area contributed by atoms with Gasteiger partial charge in [0.15, 0.2) is 0 Å². The number of halogens is 1. The van der Waals surface area contributed by atoms with Crippen molar-refractivity contribution in [3.05, 3.63) is 84.3 Å². The molecule has 0 spiro atoms. The quantitative estimate of drug-likeness (QED) is 0.610. The van der Waals surface area contributed by atoms with Crippen molar-refractivity contribution in [3.63, 3.8) is 0 Å². The number of benzene rings is 2. The van der Waals surface area contributed by atoms with E-state index in [1.54, 1.807) is 37.3 Å². The van der Waals surface area contributed by atoms with Gasteiger partial charge in [-0.05, 0) is 42.8 Å². The molecule has 0 bridgehead atoms. The highest BCUT2D eigenvalue weighted by Crippen LogP contribution is 2.23. The first-order valence-corrected chi connectivity index (χ1v) is 10.4. The molecule has 7 heteroatoms. The Morgan fingerprint density at radius 3 is 2.36 bits per heavy atom. The van der Waals surface area contributed by atoms with Crippen molar-refractivity contribution in [2.45, 2.75) is 18.4 Å². The highest BCUT2D eigenvalue weighted by atomic mass is 32.2. The Bertz CT molecular complexity index is 1030. The van der Waals surface area contributed by atoms with Gasteiger partial charge in [0, 0.05) is 12.6 Å². The second kappa shape index (κ2) is 8.39. The Hall–Kier alpha value is -2.93. The predicted octanol–water partition coefficient (Wildman–Crippen LogP) is 3.49. The molecular formula is C21H23FN3O2S+. The van der Waals surface area contributed by atoms with Gasteiger partial charge in [-0.3, -0.25) is 9.21 Å². The molecule has 2 aromatic carbocycles. The number of sulfonamides is 1. The molecule has 0 amide bonds. The van der Waals surface area contributed by atoms with E-state index in [1.807, 2.05) is 36.2 Å². The average Bonchev–Trinajstić information content (AvgIpc) is 2.69. The zero-order valence-electron chi connectivity index (χ0n) is 15.8. The number of H-pyrrole nitrogens is 1. The molecule has 146 valence electrons. The lowest BCUT2D eigenvalue weighted by Crippen LogP contribution is -2.32. The van der Waals surface area contributed by atoms with Crippen LogP contribution in [0.5, 0.6) is 0 Å². The molecule has 0 saturated heterocycles. The first-order chi connectivity index (χ1) is 13.4. The molecule has 0 aliphatic heterocycles. The number of aromatic nitrogens is 1. The van der Waals surface area contributed by atoms with Crippen LogP contribution in [-0.2, 0) is 16.6 Å². The molecule has 0 fully saturated rings. The van der Waals surface area contributed by atoms with E-state index in [-0.39, 0.29) is 10.7 Å². The molecule has 0 saturated carbocycles. The van der Waals surface area contributed by atoms with Crippen LogP contribution in [0.4, 0.5) is 15.9 Å². The van der Waals surface area contributed by atoms with Crippen molar-refractivity contribution >= 4 is 21.5 Å². The van der Waals surface area contributed by atoms with Gasteiger partial charge in [0.05, 0.1) is 12.7 Å². The normalized spacial score (nSPS) is 11.2. The number of nitrogens with zero attached hydrogens (tertiary/aromatic N) is 2. The van der Waals surface area contributed by atoms with E-state index in [0.717, 1.165) is 11.4 Å². The summed E-state index contributed by atoms with van der Waals surface area (Å²) >= 11 is 0. The Morgan fingerprint density at radius 1 is 1.00 bits per heavy atom. The molecule has 28 heavy (non-hydrogen) atoms. The maximum atomic E-state index is 13.4. The third-order valence-electron chi connectivity index (χ3n) is 4.41. The van der Waals surface area contributed by atoms with Crippen LogP contribution in [0.2, 0.25) is 0 Å². The fourth-order valence-electron chi connectivity index (χ4n) is 3.01. The Morgan fingerprint density at radius 2 is 1.75 bits per heavy atom. The molecule has 0 atom stereocenters. The topological polar surface area (TPSA) is 54.8 Å². The van der Waals surface area contributed by atoms with Crippen molar-refractivity contribution in [3.8, 4) is 0 Å². The molecule has 1 N–H and O–H groups in total. The van der Waals surface area contributed by atoms with Gasteiger partial charge in [-0.2, -0.15) is 0 Å². The van der Waals surface area contributed by atoms with Gasteiger partial charge < -0.3 is 0 Å². The number of pyridine rings is 1. The summed E-state index contributed by atoms with van der Waals surface area (Å²) in [7, 11) is -1.82. The molecule has 0 unspecified atom stereocenters. The lowest BCUT2D eigenvalue weighted by atomic mass is 10.2. The molecule has 3 aromatic rings. The van der Waals surface area contributed by atoms with Crippen molar-refractivity contribution < 1.29 is 17.8 Å². The number of anilines is 2. The van der Waals surface area contributed by atoms with Crippen molar-refractivity contribution in [2.24, 2.45) is 0 Å². The largest absolute Gasteiger partial charge is 0.274 e. The fourth-order valence-corrected chi connectivity index (χ4v) is 4.45. The number of rotatable bonds is 7. The van der Waals surface area contributed by atoms with Crippen LogP contribution in [0.25, 0.3) is 0 Å². The van der Waals surface area contributed by atoms with Crippen LogP contribution in [-0.4, -0.2) is 22.0 Å². The van der Waals surface area contributed by atoms with Crippen LogP contribution in [0.1, 0.15) is 12.5 Å². The Labute approximate surface area is 165 Å². The third kappa shape index (κ3) is 4.31. The molecule has 5 nitrogen and oxygen atoms in total. The molecule has 0 aliphatic carbocycles.